The first-order chi connectivity index (χ1) is 8.74. The number of pyridine rings is 1. The highest BCUT2D eigenvalue weighted by atomic mass is 16.5. The Balaban J connectivity index is 1.90. The summed E-state index contributed by atoms with van der Waals surface area (Å²) in [5, 5.41) is 3.32. The van der Waals surface area contributed by atoms with E-state index in [-0.39, 0.29) is 6.10 Å². The van der Waals surface area contributed by atoms with Crippen LogP contribution < -0.4 is 10.1 Å². The molecule has 0 bridgehead atoms. The molecule has 0 saturated carbocycles. The van der Waals surface area contributed by atoms with Crippen molar-refractivity contribution in [1.82, 2.24) is 4.98 Å². The Morgan fingerprint density at radius 3 is 2.56 bits per heavy atom. The maximum absolute atomic E-state index is 5.60. The van der Waals surface area contributed by atoms with Crippen molar-refractivity contribution in [2.45, 2.75) is 26.5 Å². The summed E-state index contributed by atoms with van der Waals surface area (Å²) >= 11 is 0. The first-order valence-electron chi connectivity index (χ1n) is 6.13. The van der Waals surface area contributed by atoms with Gasteiger partial charge in [0.1, 0.15) is 5.75 Å². The lowest BCUT2D eigenvalue weighted by atomic mass is 10.2. The van der Waals surface area contributed by atoms with Gasteiger partial charge < -0.3 is 10.1 Å². The lowest BCUT2D eigenvalue weighted by molar-refractivity contribution is 0.242. The fourth-order valence-corrected chi connectivity index (χ4v) is 1.63. The largest absolute Gasteiger partial charge is 0.491 e. The second-order valence-electron chi connectivity index (χ2n) is 4.41. The fourth-order valence-electron chi connectivity index (χ4n) is 1.63. The van der Waals surface area contributed by atoms with Crippen LogP contribution in [-0.4, -0.2) is 11.1 Å². The van der Waals surface area contributed by atoms with Crippen LogP contribution in [0.15, 0.2) is 48.8 Å². The summed E-state index contributed by atoms with van der Waals surface area (Å²) in [6.07, 6.45) is 3.80. The smallest absolute Gasteiger partial charge is 0.119 e. The number of aromatic nitrogens is 1. The van der Waals surface area contributed by atoms with E-state index in [4.69, 9.17) is 4.74 Å². The zero-order valence-corrected chi connectivity index (χ0v) is 10.8. The van der Waals surface area contributed by atoms with E-state index in [0.29, 0.717) is 0 Å². The first kappa shape index (κ1) is 12.4. The number of benzene rings is 1. The zero-order valence-electron chi connectivity index (χ0n) is 10.8. The van der Waals surface area contributed by atoms with E-state index in [0.717, 1.165) is 18.0 Å². The van der Waals surface area contributed by atoms with Gasteiger partial charge in [-0.05, 0) is 43.7 Å². The molecule has 1 aromatic heterocycles. The molecule has 1 aromatic carbocycles. The minimum Gasteiger partial charge on any atom is -0.491 e. The van der Waals surface area contributed by atoms with Gasteiger partial charge in [-0.1, -0.05) is 12.1 Å². The van der Waals surface area contributed by atoms with Crippen LogP contribution in [0.3, 0.4) is 0 Å². The molecule has 3 heteroatoms. The number of rotatable bonds is 5. The molecule has 0 fully saturated rings. The zero-order chi connectivity index (χ0) is 12.8. The molecule has 1 N–H and O–H groups in total. The number of ether oxygens (including phenoxy) is 1. The van der Waals surface area contributed by atoms with Gasteiger partial charge in [-0.25, -0.2) is 0 Å². The summed E-state index contributed by atoms with van der Waals surface area (Å²) in [5.74, 6) is 0.912. The Kier molecular flexibility index (Phi) is 4.18. The Hall–Kier alpha value is -2.03. The number of nitrogens with one attached hydrogen (secondary N) is 1. The minimum absolute atomic E-state index is 0.212. The van der Waals surface area contributed by atoms with Crippen LogP contribution in [0.5, 0.6) is 5.75 Å². The van der Waals surface area contributed by atoms with Gasteiger partial charge in [0.05, 0.1) is 11.8 Å². The van der Waals surface area contributed by atoms with Gasteiger partial charge in [-0.3, -0.25) is 4.98 Å². The lowest BCUT2D eigenvalue weighted by Gasteiger charge is -2.10. The lowest BCUT2D eigenvalue weighted by Crippen LogP contribution is -2.05. The van der Waals surface area contributed by atoms with Gasteiger partial charge in [-0.2, -0.15) is 0 Å². The van der Waals surface area contributed by atoms with Crippen molar-refractivity contribution in [3.05, 3.63) is 54.4 Å². The molecular weight excluding hydrogens is 224 g/mol. The molecule has 94 valence electrons. The molecule has 0 aliphatic carbocycles. The molecule has 0 amide bonds. The standard InChI is InChI=1S/C15H18N2O/c1-12(2)18-15-7-5-13(6-8-15)10-17-14-4-3-9-16-11-14/h3-9,11-12,17H,10H2,1-2H3. The van der Waals surface area contributed by atoms with Crippen molar-refractivity contribution < 1.29 is 4.74 Å². The third-order valence-electron chi connectivity index (χ3n) is 2.45. The molecule has 0 aliphatic heterocycles. The Bertz CT molecular complexity index is 466. The van der Waals surface area contributed by atoms with Crippen LogP contribution in [0.4, 0.5) is 5.69 Å². The highest BCUT2D eigenvalue weighted by molar-refractivity contribution is 5.41. The number of nitrogens with zero attached hydrogens (tertiary/aromatic N) is 1. The maximum Gasteiger partial charge on any atom is 0.119 e. The van der Waals surface area contributed by atoms with Crippen molar-refractivity contribution in [3.8, 4) is 5.75 Å². The van der Waals surface area contributed by atoms with Crippen molar-refractivity contribution >= 4 is 5.69 Å². The molecule has 0 unspecified atom stereocenters. The number of hydrogen-bond donors (Lipinski definition) is 1. The van der Waals surface area contributed by atoms with E-state index in [1.54, 1.807) is 6.20 Å². The summed E-state index contributed by atoms with van der Waals surface area (Å²) in [7, 11) is 0. The van der Waals surface area contributed by atoms with Gasteiger partial charge >= 0.3 is 0 Å². The van der Waals surface area contributed by atoms with Gasteiger partial charge in [0.25, 0.3) is 0 Å². The molecule has 2 rings (SSSR count). The van der Waals surface area contributed by atoms with Crippen LogP contribution in [0, 0.1) is 0 Å². The summed E-state index contributed by atoms with van der Waals surface area (Å²) in [6.45, 7) is 4.84. The fraction of sp³-hybridized carbons (Fsp3) is 0.267. The molecule has 1 heterocycles. The summed E-state index contributed by atoms with van der Waals surface area (Å²) in [6, 6.07) is 12.1. The third-order valence-corrected chi connectivity index (χ3v) is 2.45. The van der Waals surface area contributed by atoms with E-state index in [1.165, 1.54) is 5.56 Å². The summed E-state index contributed by atoms with van der Waals surface area (Å²) in [4.78, 5) is 4.06. The van der Waals surface area contributed by atoms with E-state index in [2.05, 4.69) is 22.4 Å². The van der Waals surface area contributed by atoms with Crippen molar-refractivity contribution in [1.29, 1.82) is 0 Å². The normalized spacial score (nSPS) is 10.4. The molecule has 0 atom stereocenters. The Morgan fingerprint density at radius 2 is 1.94 bits per heavy atom. The molecule has 0 spiro atoms. The van der Waals surface area contributed by atoms with Crippen LogP contribution in [0.1, 0.15) is 19.4 Å². The maximum atomic E-state index is 5.60. The Morgan fingerprint density at radius 1 is 1.17 bits per heavy atom. The average Bonchev–Trinajstić information content (AvgIpc) is 2.38. The van der Waals surface area contributed by atoms with E-state index < -0.39 is 0 Å². The monoisotopic (exact) mass is 242 g/mol. The highest BCUT2D eigenvalue weighted by Gasteiger charge is 1.98. The van der Waals surface area contributed by atoms with Crippen LogP contribution in [-0.2, 0) is 6.54 Å². The summed E-state index contributed by atoms with van der Waals surface area (Å²) in [5.41, 5.74) is 2.25. The predicted molar refractivity (Wildman–Crippen MR) is 73.8 cm³/mol. The van der Waals surface area contributed by atoms with E-state index in [9.17, 15) is 0 Å². The third kappa shape index (κ3) is 3.77. The van der Waals surface area contributed by atoms with E-state index >= 15 is 0 Å². The molecule has 18 heavy (non-hydrogen) atoms. The topological polar surface area (TPSA) is 34.1 Å². The van der Waals surface area contributed by atoms with E-state index in [1.807, 2.05) is 44.3 Å². The SMILES string of the molecule is CC(C)Oc1ccc(CNc2cccnc2)cc1. The molecular formula is C15H18N2O. The number of hydrogen-bond acceptors (Lipinski definition) is 3. The quantitative estimate of drug-likeness (QED) is 0.871. The molecule has 2 aromatic rings. The molecule has 0 saturated heterocycles. The van der Waals surface area contributed by atoms with Gasteiger partial charge in [0, 0.05) is 18.9 Å². The molecule has 0 aliphatic rings. The second kappa shape index (κ2) is 6.05. The molecule has 0 radical (unpaired) electrons. The van der Waals surface area contributed by atoms with Gasteiger partial charge in [0.2, 0.25) is 0 Å². The van der Waals surface area contributed by atoms with Crippen LogP contribution in [0.2, 0.25) is 0 Å². The van der Waals surface area contributed by atoms with Crippen molar-refractivity contribution in [2.24, 2.45) is 0 Å². The first-order valence-corrected chi connectivity index (χ1v) is 6.13. The second-order valence-corrected chi connectivity index (χ2v) is 4.41. The predicted octanol–water partition coefficient (Wildman–Crippen LogP) is 3.48. The van der Waals surface area contributed by atoms with Crippen LogP contribution in [0.25, 0.3) is 0 Å². The van der Waals surface area contributed by atoms with Crippen LogP contribution >= 0.6 is 0 Å². The highest BCUT2D eigenvalue weighted by Crippen LogP contribution is 2.14. The van der Waals surface area contributed by atoms with Gasteiger partial charge in [0.15, 0.2) is 0 Å². The minimum atomic E-state index is 0.212. The summed E-state index contributed by atoms with van der Waals surface area (Å²) < 4.78 is 5.60. The number of anilines is 1. The average molecular weight is 242 g/mol. The Labute approximate surface area is 108 Å². The van der Waals surface area contributed by atoms with Crippen molar-refractivity contribution in [2.75, 3.05) is 5.32 Å². The molecule has 3 nitrogen and oxygen atoms in total. The van der Waals surface area contributed by atoms with Gasteiger partial charge in [-0.15, -0.1) is 0 Å². The van der Waals surface area contributed by atoms with Crippen molar-refractivity contribution in [3.63, 3.8) is 0 Å².